The Kier molecular flexibility index (Phi) is 8.07. The number of aromatic nitrogens is 3. The lowest BCUT2D eigenvalue weighted by Gasteiger charge is -2.40. The van der Waals surface area contributed by atoms with Crippen molar-refractivity contribution >= 4 is 21.6 Å². The number of ether oxygens (including phenoxy) is 1. The molecule has 0 saturated carbocycles. The van der Waals surface area contributed by atoms with Crippen LogP contribution in [0.5, 0.6) is 11.6 Å². The van der Waals surface area contributed by atoms with E-state index in [2.05, 4.69) is 20.3 Å². The number of anilines is 1. The summed E-state index contributed by atoms with van der Waals surface area (Å²) in [5, 5.41) is 2.59. The fraction of sp³-hybridized carbons (Fsp3) is 0.360. The molecule has 4 rings (SSSR count). The van der Waals surface area contributed by atoms with Crippen LogP contribution in [-0.2, 0) is 20.4 Å². The van der Waals surface area contributed by atoms with E-state index in [0.29, 0.717) is 5.75 Å². The first-order valence-corrected chi connectivity index (χ1v) is 13.9. The van der Waals surface area contributed by atoms with Gasteiger partial charge in [-0.25, -0.2) is 31.6 Å². The molecule has 2 atom stereocenters. The van der Waals surface area contributed by atoms with E-state index >= 15 is 0 Å². The number of aromatic amines is 1. The monoisotopic (exact) mass is 565 g/mol. The quantitative estimate of drug-likeness (QED) is 0.426. The lowest BCUT2D eigenvalue weighted by atomic mass is 9.86. The van der Waals surface area contributed by atoms with Crippen LogP contribution in [0.1, 0.15) is 30.4 Å². The number of rotatable bonds is 8. The van der Waals surface area contributed by atoms with Gasteiger partial charge in [-0.05, 0) is 42.8 Å². The molecule has 0 unspecified atom stereocenters. The number of halogens is 3. The number of sulfone groups is 1. The Morgan fingerprint density at radius 3 is 2.62 bits per heavy atom. The number of amides is 1. The summed E-state index contributed by atoms with van der Waals surface area (Å²) in [7, 11) is -3.56. The molecule has 39 heavy (non-hydrogen) atoms. The first kappa shape index (κ1) is 28.2. The van der Waals surface area contributed by atoms with Crippen LogP contribution in [0, 0.1) is 5.82 Å². The highest BCUT2D eigenvalue weighted by Crippen LogP contribution is 2.40. The van der Waals surface area contributed by atoms with Gasteiger partial charge in [0.15, 0.2) is 15.7 Å². The molecule has 10 nitrogen and oxygen atoms in total. The first-order valence-electron chi connectivity index (χ1n) is 11.9. The summed E-state index contributed by atoms with van der Waals surface area (Å²) in [6, 6.07) is 5.67. The SMILES string of the molecule is C[C@@H](C(=O)Nc1cnc(Oc2ccc(F)cc2)cn1)N1CCC(F)(F)[C@@H](c2c[nH]c(=O)c(CS(C)(=O)=O)c2)C1. The van der Waals surface area contributed by atoms with Crippen molar-refractivity contribution < 1.29 is 31.1 Å². The fourth-order valence-corrected chi connectivity index (χ4v) is 5.00. The van der Waals surface area contributed by atoms with Gasteiger partial charge in [-0.1, -0.05) is 0 Å². The molecular weight excluding hydrogens is 539 g/mol. The van der Waals surface area contributed by atoms with Crippen molar-refractivity contribution in [3.63, 3.8) is 0 Å². The lowest BCUT2D eigenvalue weighted by molar-refractivity contribution is -0.125. The number of piperidine rings is 1. The molecule has 0 aliphatic carbocycles. The zero-order valence-corrected chi connectivity index (χ0v) is 21.8. The van der Waals surface area contributed by atoms with Crippen LogP contribution in [0.2, 0.25) is 0 Å². The average Bonchev–Trinajstić information content (AvgIpc) is 2.87. The van der Waals surface area contributed by atoms with Crippen LogP contribution >= 0.6 is 0 Å². The summed E-state index contributed by atoms with van der Waals surface area (Å²) in [6.45, 7) is 1.30. The van der Waals surface area contributed by atoms with E-state index in [9.17, 15) is 31.2 Å². The summed E-state index contributed by atoms with van der Waals surface area (Å²) in [6.07, 6.45) is 4.11. The van der Waals surface area contributed by atoms with Crippen molar-refractivity contribution in [3.8, 4) is 11.6 Å². The molecule has 1 aliphatic heterocycles. The van der Waals surface area contributed by atoms with Crippen LogP contribution in [0.3, 0.4) is 0 Å². The molecule has 0 bridgehead atoms. The van der Waals surface area contributed by atoms with Crippen molar-refractivity contribution in [2.24, 2.45) is 0 Å². The minimum atomic E-state index is -3.56. The maximum atomic E-state index is 14.9. The molecule has 208 valence electrons. The number of likely N-dealkylation sites (tertiary alicyclic amines) is 1. The van der Waals surface area contributed by atoms with Gasteiger partial charge in [-0.3, -0.25) is 14.5 Å². The molecule has 1 saturated heterocycles. The summed E-state index contributed by atoms with van der Waals surface area (Å²) in [5.74, 6) is -5.43. The number of pyridine rings is 1. The number of carbonyl (C=O) groups is 1. The second kappa shape index (κ2) is 11.1. The van der Waals surface area contributed by atoms with E-state index in [-0.39, 0.29) is 35.9 Å². The molecular formula is C25H26F3N5O5S. The molecule has 1 amide bonds. The third kappa shape index (κ3) is 7.20. The number of carbonyl (C=O) groups excluding carboxylic acids is 1. The Morgan fingerprint density at radius 2 is 1.97 bits per heavy atom. The van der Waals surface area contributed by atoms with E-state index in [1.54, 1.807) is 11.8 Å². The number of benzene rings is 1. The van der Waals surface area contributed by atoms with Gasteiger partial charge < -0.3 is 15.0 Å². The van der Waals surface area contributed by atoms with Crippen LogP contribution in [0.15, 0.2) is 53.7 Å². The number of H-pyrrole nitrogens is 1. The highest BCUT2D eigenvalue weighted by molar-refractivity contribution is 7.89. The number of nitrogens with one attached hydrogen (secondary N) is 2. The molecule has 2 N–H and O–H groups in total. The standard InChI is InChI=1S/C25H26F3N5O5S/c1-15(23(34)32-21-11-30-22(12-29-21)38-19-5-3-18(26)4-6-19)33-8-7-25(27,28)20(13-33)16-9-17(14-39(2,36)37)24(35)31-10-16/h3-6,9-12,15,20H,7-8,13-14H2,1-2H3,(H,31,35)(H,29,32,34)/t15-,20+/m0/s1. The molecule has 1 aromatic carbocycles. The lowest BCUT2D eigenvalue weighted by Crippen LogP contribution is -2.52. The normalized spacial score (nSPS) is 18.3. The van der Waals surface area contributed by atoms with E-state index < -0.39 is 57.2 Å². The van der Waals surface area contributed by atoms with Crippen LogP contribution in [-0.4, -0.2) is 65.5 Å². The number of hydrogen-bond donors (Lipinski definition) is 2. The summed E-state index contributed by atoms with van der Waals surface area (Å²) >= 11 is 0. The zero-order chi connectivity index (χ0) is 28.4. The summed E-state index contributed by atoms with van der Waals surface area (Å²) in [5.41, 5.74) is -0.708. The van der Waals surface area contributed by atoms with Crippen molar-refractivity contribution in [1.82, 2.24) is 19.9 Å². The summed E-state index contributed by atoms with van der Waals surface area (Å²) in [4.78, 5) is 37.0. The number of hydrogen-bond acceptors (Lipinski definition) is 8. The molecule has 1 fully saturated rings. The van der Waals surface area contributed by atoms with E-state index in [1.165, 1.54) is 42.7 Å². The second-order valence-electron chi connectivity index (χ2n) is 9.38. The molecule has 1 aliphatic rings. The smallest absolute Gasteiger partial charge is 0.257 e. The molecule has 3 heterocycles. The minimum absolute atomic E-state index is 0.0617. The van der Waals surface area contributed by atoms with Gasteiger partial charge in [0.25, 0.3) is 11.5 Å². The van der Waals surface area contributed by atoms with E-state index in [1.807, 2.05) is 0 Å². The first-order chi connectivity index (χ1) is 18.3. The molecule has 2 aromatic heterocycles. The van der Waals surface area contributed by atoms with Crippen molar-refractivity contribution in [3.05, 3.63) is 76.2 Å². The third-order valence-corrected chi connectivity index (χ3v) is 7.16. The second-order valence-corrected chi connectivity index (χ2v) is 11.5. The van der Waals surface area contributed by atoms with Gasteiger partial charge >= 0.3 is 0 Å². The topological polar surface area (TPSA) is 134 Å². The number of nitrogens with zero attached hydrogens (tertiary/aromatic N) is 3. The van der Waals surface area contributed by atoms with Crippen LogP contribution in [0.4, 0.5) is 19.0 Å². The Hall–Kier alpha value is -3.78. The van der Waals surface area contributed by atoms with Crippen molar-refractivity contribution in [1.29, 1.82) is 0 Å². The fourth-order valence-electron chi connectivity index (χ4n) is 4.22. The average molecular weight is 566 g/mol. The van der Waals surface area contributed by atoms with Crippen molar-refractivity contribution in [2.45, 2.75) is 37.0 Å². The highest BCUT2D eigenvalue weighted by Gasteiger charge is 2.46. The Bertz CT molecular complexity index is 1500. The van der Waals surface area contributed by atoms with Gasteiger partial charge in [0.05, 0.1) is 30.1 Å². The molecule has 3 aromatic rings. The summed E-state index contributed by atoms with van der Waals surface area (Å²) < 4.78 is 71.7. The van der Waals surface area contributed by atoms with Crippen molar-refractivity contribution in [2.75, 3.05) is 24.7 Å². The van der Waals surface area contributed by atoms with E-state index in [4.69, 9.17) is 4.74 Å². The Morgan fingerprint density at radius 1 is 1.26 bits per heavy atom. The predicted octanol–water partition coefficient (Wildman–Crippen LogP) is 3.09. The minimum Gasteiger partial charge on any atom is -0.438 e. The van der Waals surface area contributed by atoms with Gasteiger partial charge in [-0.2, -0.15) is 0 Å². The van der Waals surface area contributed by atoms with Crippen LogP contribution < -0.4 is 15.6 Å². The van der Waals surface area contributed by atoms with E-state index in [0.717, 1.165) is 12.5 Å². The largest absolute Gasteiger partial charge is 0.438 e. The Labute approximate surface area is 222 Å². The number of alkyl halides is 2. The molecule has 0 radical (unpaired) electrons. The molecule has 14 heteroatoms. The maximum Gasteiger partial charge on any atom is 0.257 e. The van der Waals surface area contributed by atoms with Gasteiger partial charge in [0.1, 0.15) is 11.6 Å². The zero-order valence-electron chi connectivity index (χ0n) is 21.0. The maximum absolute atomic E-state index is 14.9. The van der Waals surface area contributed by atoms with Gasteiger partial charge in [0, 0.05) is 37.5 Å². The Balaban J connectivity index is 1.43. The van der Waals surface area contributed by atoms with Gasteiger partial charge in [0.2, 0.25) is 11.8 Å². The van der Waals surface area contributed by atoms with Gasteiger partial charge in [-0.15, -0.1) is 0 Å². The highest BCUT2D eigenvalue weighted by atomic mass is 32.2. The molecule has 0 spiro atoms. The van der Waals surface area contributed by atoms with Crippen LogP contribution in [0.25, 0.3) is 0 Å². The third-order valence-electron chi connectivity index (χ3n) is 6.32. The predicted molar refractivity (Wildman–Crippen MR) is 136 cm³/mol.